The second-order valence-electron chi connectivity index (χ2n) is 5.99. The number of rotatable bonds is 7. The molecule has 3 nitrogen and oxygen atoms in total. The minimum atomic E-state index is 0. The van der Waals surface area contributed by atoms with Gasteiger partial charge in [0.2, 0.25) is 5.91 Å². The van der Waals surface area contributed by atoms with Crippen molar-refractivity contribution in [3.05, 3.63) is 30.3 Å². The number of carbonyl (C=O) groups is 1. The number of hydrogen-bond donors (Lipinski definition) is 1. The zero-order valence-corrected chi connectivity index (χ0v) is 15.8. The first-order chi connectivity index (χ1) is 10.7. The number of piperidine rings is 1. The van der Waals surface area contributed by atoms with Crippen molar-refractivity contribution in [2.75, 3.05) is 26.7 Å². The van der Waals surface area contributed by atoms with E-state index in [4.69, 9.17) is 0 Å². The number of thioether (sulfide) groups is 1. The van der Waals surface area contributed by atoms with E-state index in [1.807, 2.05) is 25.2 Å². The fourth-order valence-electron chi connectivity index (χ4n) is 2.97. The van der Waals surface area contributed by atoms with Gasteiger partial charge in [0, 0.05) is 18.0 Å². The molecule has 1 N–H and O–H groups in total. The van der Waals surface area contributed by atoms with Gasteiger partial charge in [0.15, 0.2) is 0 Å². The molecule has 23 heavy (non-hydrogen) atoms. The van der Waals surface area contributed by atoms with Gasteiger partial charge in [0.1, 0.15) is 0 Å². The molecule has 1 aliphatic heterocycles. The van der Waals surface area contributed by atoms with Crippen LogP contribution in [0.1, 0.15) is 32.6 Å². The van der Waals surface area contributed by atoms with Crippen LogP contribution in [0.4, 0.5) is 0 Å². The number of hydrogen-bond acceptors (Lipinski definition) is 3. The monoisotopic (exact) mass is 356 g/mol. The van der Waals surface area contributed by atoms with Crippen LogP contribution in [0.25, 0.3) is 0 Å². The third-order valence-electron chi connectivity index (χ3n) is 4.40. The van der Waals surface area contributed by atoms with Gasteiger partial charge >= 0.3 is 0 Å². The molecule has 0 aliphatic carbocycles. The lowest BCUT2D eigenvalue weighted by Gasteiger charge is -2.34. The molecule has 1 aromatic carbocycles. The maximum atomic E-state index is 12.7. The van der Waals surface area contributed by atoms with Crippen LogP contribution in [0.3, 0.4) is 0 Å². The second-order valence-corrected chi connectivity index (χ2v) is 7.26. The highest BCUT2D eigenvalue weighted by molar-refractivity contribution is 8.00. The predicted octanol–water partition coefficient (Wildman–Crippen LogP) is 3.83. The summed E-state index contributed by atoms with van der Waals surface area (Å²) in [6, 6.07) is 10.3. The maximum absolute atomic E-state index is 12.7. The van der Waals surface area contributed by atoms with Gasteiger partial charge in [-0.3, -0.25) is 4.79 Å². The Labute approximate surface area is 151 Å². The number of carbonyl (C=O) groups excluding carboxylic acids is 1. The molecular weight excluding hydrogens is 328 g/mol. The number of nitrogens with zero attached hydrogens (tertiary/aromatic N) is 1. The number of amides is 1. The molecule has 1 aromatic rings. The van der Waals surface area contributed by atoms with Gasteiger partial charge in [-0.25, -0.2) is 0 Å². The molecular formula is C18H29ClN2OS. The smallest absolute Gasteiger partial charge is 0.236 e. The van der Waals surface area contributed by atoms with Crippen LogP contribution in [0.15, 0.2) is 35.2 Å². The quantitative estimate of drug-likeness (QED) is 0.753. The molecule has 1 heterocycles. The lowest BCUT2D eigenvalue weighted by molar-refractivity contribution is -0.132. The van der Waals surface area contributed by atoms with E-state index in [9.17, 15) is 4.79 Å². The van der Waals surface area contributed by atoms with Gasteiger partial charge in [0.25, 0.3) is 0 Å². The maximum Gasteiger partial charge on any atom is 0.236 e. The molecule has 0 radical (unpaired) electrons. The minimum absolute atomic E-state index is 0. The summed E-state index contributed by atoms with van der Waals surface area (Å²) < 4.78 is 0. The van der Waals surface area contributed by atoms with Crippen LogP contribution < -0.4 is 5.32 Å². The van der Waals surface area contributed by atoms with Gasteiger partial charge in [0.05, 0.1) is 5.25 Å². The molecule has 1 unspecified atom stereocenters. The van der Waals surface area contributed by atoms with Crippen LogP contribution >= 0.6 is 24.2 Å². The van der Waals surface area contributed by atoms with Gasteiger partial charge < -0.3 is 10.2 Å². The molecule has 1 amide bonds. The first-order valence-corrected chi connectivity index (χ1v) is 9.27. The average molecular weight is 357 g/mol. The van der Waals surface area contributed by atoms with Crippen molar-refractivity contribution in [3.63, 3.8) is 0 Å². The largest absolute Gasteiger partial charge is 0.342 e. The second kappa shape index (κ2) is 11.0. The third-order valence-corrected chi connectivity index (χ3v) is 5.76. The highest BCUT2D eigenvalue weighted by atomic mass is 35.5. The highest BCUT2D eigenvalue weighted by Gasteiger charge is 2.27. The van der Waals surface area contributed by atoms with E-state index < -0.39 is 0 Å². The topological polar surface area (TPSA) is 32.3 Å². The number of benzene rings is 1. The summed E-state index contributed by atoms with van der Waals surface area (Å²) in [6.07, 6.45) is 4.42. The minimum Gasteiger partial charge on any atom is -0.342 e. The van der Waals surface area contributed by atoms with Gasteiger partial charge in [-0.2, -0.15) is 0 Å². The zero-order valence-electron chi connectivity index (χ0n) is 14.2. The molecule has 1 aliphatic rings. The summed E-state index contributed by atoms with van der Waals surface area (Å²) in [4.78, 5) is 16.0. The molecule has 130 valence electrons. The van der Waals surface area contributed by atoms with Crippen molar-refractivity contribution in [2.24, 2.45) is 5.92 Å². The first-order valence-electron chi connectivity index (χ1n) is 8.39. The Balaban J connectivity index is 0.00000264. The molecule has 1 atom stereocenters. The fraction of sp³-hybridized carbons (Fsp3) is 0.611. The average Bonchev–Trinajstić information content (AvgIpc) is 2.58. The van der Waals surface area contributed by atoms with E-state index in [1.54, 1.807) is 11.8 Å². The van der Waals surface area contributed by atoms with Gasteiger partial charge in [-0.1, -0.05) is 25.1 Å². The molecule has 2 rings (SSSR count). The molecule has 0 bridgehead atoms. The summed E-state index contributed by atoms with van der Waals surface area (Å²) in [5.41, 5.74) is 0. The molecule has 1 saturated heterocycles. The summed E-state index contributed by atoms with van der Waals surface area (Å²) in [7, 11) is 2.01. The molecule has 0 saturated carbocycles. The van der Waals surface area contributed by atoms with E-state index in [0.29, 0.717) is 5.91 Å². The van der Waals surface area contributed by atoms with Crippen molar-refractivity contribution in [1.82, 2.24) is 10.2 Å². The Morgan fingerprint density at radius 3 is 2.52 bits per heavy atom. The van der Waals surface area contributed by atoms with Crippen molar-refractivity contribution in [1.29, 1.82) is 0 Å². The summed E-state index contributed by atoms with van der Waals surface area (Å²) >= 11 is 1.70. The Hall–Kier alpha value is -0.710. The highest BCUT2D eigenvalue weighted by Crippen LogP contribution is 2.28. The van der Waals surface area contributed by atoms with Crippen LogP contribution in [0.2, 0.25) is 0 Å². The Morgan fingerprint density at radius 1 is 1.30 bits per heavy atom. The number of likely N-dealkylation sites (tertiary alicyclic amines) is 1. The molecule has 5 heteroatoms. The number of halogens is 1. The Bertz CT molecular complexity index is 450. The van der Waals surface area contributed by atoms with E-state index >= 15 is 0 Å². The van der Waals surface area contributed by atoms with Crippen LogP contribution in [0.5, 0.6) is 0 Å². The fourth-order valence-corrected chi connectivity index (χ4v) is 4.03. The Morgan fingerprint density at radius 2 is 1.96 bits per heavy atom. The van der Waals surface area contributed by atoms with Crippen molar-refractivity contribution < 1.29 is 4.79 Å². The SMILES string of the molecule is CCC(Sc1ccccc1)C(=O)N1CCC(CCNC)CC1.Cl. The van der Waals surface area contributed by atoms with Crippen LogP contribution in [-0.2, 0) is 4.79 Å². The Kier molecular flexibility index (Phi) is 9.68. The lowest BCUT2D eigenvalue weighted by Crippen LogP contribution is -2.43. The summed E-state index contributed by atoms with van der Waals surface area (Å²) in [6.45, 7) is 5.05. The van der Waals surface area contributed by atoms with Crippen molar-refractivity contribution in [2.45, 2.75) is 42.8 Å². The van der Waals surface area contributed by atoms with E-state index in [1.165, 1.54) is 11.3 Å². The standard InChI is InChI=1S/C18H28N2OS.ClH/c1-3-17(22-16-7-5-4-6-8-16)18(21)20-13-10-15(11-14-20)9-12-19-2;/h4-8,15,17,19H,3,9-14H2,1-2H3;1H. The zero-order chi connectivity index (χ0) is 15.8. The summed E-state index contributed by atoms with van der Waals surface area (Å²) in [5.74, 6) is 1.10. The van der Waals surface area contributed by atoms with Crippen molar-refractivity contribution >= 4 is 30.1 Å². The first kappa shape index (κ1) is 20.3. The van der Waals surface area contributed by atoms with E-state index in [2.05, 4.69) is 29.3 Å². The van der Waals surface area contributed by atoms with Crippen LogP contribution in [0, 0.1) is 5.92 Å². The summed E-state index contributed by atoms with van der Waals surface area (Å²) in [5, 5.41) is 3.27. The number of nitrogens with one attached hydrogen (secondary N) is 1. The van der Waals surface area contributed by atoms with E-state index in [-0.39, 0.29) is 17.7 Å². The normalized spacial score (nSPS) is 16.7. The van der Waals surface area contributed by atoms with Crippen LogP contribution in [-0.4, -0.2) is 42.7 Å². The van der Waals surface area contributed by atoms with Gasteiger partial charge in [-0.05, 0) is 57.3 Å². The lowest BCUT2D eigenvalue weighted by atomic mass is 9.93. The molecule has 1 fully saturated rings. The van der Waals surface area contributed by atoms with Crippen molar-refractivity contribution in [3.8, 4) is 0 Å². The third kappa shape index (κ3) is 6.36. The predicted molar refractivity (Wildman–Crippen MR) is 101 cm³/mol. The van der Waals surface area contributed by atoms with E-state index in [0.717, 1.165) is 44.8 Å². The van der Waals surface area contributed by atoms with Gasteiger partial charge in [-0.15, -0.1) is 24.2 Å². The molecule has 0 aromatic heterocycles. The molecule has 0 spiro atoms.